The molecule has 0 unspecified atom stereocenters. The van der Waals surface area contributed by atoms with Crippen LogP contribution in [-0.4, -0.2) is 21.8 Å². The number of hydrogen-bond donors (Lipinski definition) is 1. The third-order valence-corrected chi connectivity index (χ3v) is 5.60. The van der Waals surface area contributed by atoms with Crippen LogP contribution < -0.4 is 4.90 Å². The Labute approximate surface area is 139 Å². The lowest BCUT2D eigenvalue weighted by molar-refractivity contribution is -0.115. The Morgan fingerprint density at radius 2 is 2.19 bits per heavy atom. The number of carbonyl (C=O) groups excluding carboxylic acids is 1. The number of hydrogen-bond acceptors (Lipinski definition) is 5. The van der Waals surface area contributed by atoms with Crippen LogP contribution in [0.2, 0.25) is 10.0 Å². The maximum atomic E-state index is 11.7. The first-order valence-electron chi connectivity index (χ1n) is 5.98. The van der Waals surface area contributed by atoms with Crippen molar-refractivity contribution >= 4 is 62.5 Å². The highest BCUT2D eigenvalue weighted by atomic mass is 35.5. The van der Waals surface area contributed by atoms with E-state index in [9.17, 15) is 4.79 Å². The molecule has 8 heteroatoms. The number of benzene rings is 1. The number of nitrogens with one attached hydrogen (secondary N) is 1. The Morgan fingerprint density at radius 1 is 1.38 bits per heavy atom. The summed E-state index contributed by atoms with van der Waals surface area (Å²) in [6.45, 7) is 0. The summed E-state index contributed by atoms with van der Waals surface area (Å²) < 4.78 is 0. The highest BCUT2D eigenvalue weighted by molar-refractivity contribution is 8.15. The molecule has 1 amide bonds. The van der Waals surface area contributed by atoms with Gasteiger partial charge in [0.25, 0.3) is 0 Å². The molecule has 0 bridgehead atoms. The van der Waals surface area contributed by atoms with Crippen LogP contribution in [0.3, 0.4) is 0 Å². The minimum Gasteiger partial charge on any atom is -0.278 e. The van der Waals surface area contributed by atoms with Crippen molar-refractivity contribution in [3.05, 3.63) is 44.9 Å². The third-order valence-electron chi connectivity index (χ3n) is 2.91. The molecule has 108 valence electrons. The highest BCUT2D eigenvalue weighted by Gasteiger charge is 2.30. The molecule has 0 spiro atoms. The predicted octanol–water partition coefficient (Wildman–Crippen LogP) is 4.06. The fourth-order valence-electron chi connectivity index (χ4n) is 1.92. The van der Waals surface area contributed by atoms with E-state index in [1.54, 1.807) is 12.3 Å². The molecular weight excluding hydrogens is 349 g/mol. The molecule has 2 heterocycles. The van der Waals surface area contributed by atoms with Crippen molar-refractivity contribution in [2.45, 2.75) is 6.42 Å². The van der Waals surface area contributed by atoms with Crippen molar-refractivity contribution in [2.24, 2.45) is 0 Å². The van der Waals surface area contributed by atoms with Crippen LogP contribution in [-0.2, 0) is 11.2 Å². The van der Waals surface area contributed by atoms with Gasteiger partial charge >= 0.3 is 0 Å². The van der Waals surface area contributed by atoms with E-state index in [4.69, 9.17) is 28.6 Å². The Kier molecular flexibility index (Phi) is 4.21. The number of anilines is 1. The molecule has 1 N–H and O–H groups in total. The minimum absolute atomic E-state index is 0.105. The molecule has 21 heavy (non-hydrogen) atoms. The molecule has 1 saturated heterocycles. The monoisotopic (exact) mass is 357 g/mol. The van der Waals surface area contributed by atoms with Gasteiger partial charge in [-0.1, -0.05) is 47.1 Å². The van der Waals surface area contributed by atoms with Crippen molar-refractivity contribution in [1.29, 1.82) is 5.41 Å². The van der Waals surface area contributed by atoms with Gasteiger partial charge in [-0.25, -0.2) is 9.88 Å². The Balaban J connectivity index is 1.84. The average molecular weight is 358 g/mol. The van der Waals surface area contributed by atoms with E-state index in [1.165, 1.54) is 28.0 Å². The maximum absolute atomic E-state index is 11.7. The standard InChI is InChI=1S/C13H9Cl2N3OS2/c14-9-3-1-2-7(11(9)15)4-8-5-17-13(21-8)18-10(19)6-20-12(18)16/h1-3,5,16H,4,6H2. The van der Waals surface area contributed by atoms with Gasteiger partial charge in [0, 0.05) is 17.5 Å². The van der Waals surface area contributed by atoms with Crippen molar-refractivity contribution in [1.82, 2.24) is 4.98 Å². The smallest absolute Gasteiger partial charge is 0.245 e. The van der Waals surface area contributed by atoms with Crippen LogP contribution in [0.5, 0.6) is 0 Å². The first-order valence-corrected chi connectivity index (χ1v) is 8.54. The first kappa shape index (κ1) is 14.8. The summed E-state index contributed by atoms with van der Waals surface area (Å²) in [7, 11) is 0. The number of nitrogens with zero attached hydrogens (tertiary/aromatic N) is 2. The van der Waals surface area contributed by atoms with Crippen LogP contribution in [0.4, 0.5) is 5.13 Å². The van der Waals surface area contributed by atoms with Crippen LogP contribution in [0.25, 0.3) is 0 Å². The van der Waals surface area contributed by atoms with Gasteiger partial charge in [0.15, 0.2) is 10.3 Å². The second kappa shape index (κ2) is 5.96. The number of rotatable bonds is 3. The van der Waals surface area contributed by atoms with E-state index in [2.05, 4.69) is 4.98 Å². The number of carbonyl (C=O) groups is 1. The second-order valence-electron chi connectivity index (χ2n) is 4.32. The van der Waals surface area contributed by atoms with E-state index < -0.39 is 0 Å². The summed E-state index contributed by atoms with van der Waals surface area (Å²) in [5.41, 5.74) is 0.913. The fraction of sp³-hybridized carbons (Fsp3) is 0.154. The lowest BCUT2D eigenvalue weighted by Crippen LogP contribution is -2.28. The molecule has 0 radical (unpaired) electrons. The number of aromatic nitrogens is 1. The van der Waals surface area contributed by atoms with Crippen molar-refractivity contribution in [2.75, 3.05) is 10.7 Å². The maximum Gasteiger partial charge on any atom is 0.245 e. The molecular formula is C13H9Cl2N3OS2. The Morgan fingerprint density at radius 3 is 2.90 bits per heavy atom. The number of thioether (sulfide) groups is 1. The molecule has 1 aromatic heterocycles. The quantitative estimate of drug-likeness (QED) is 0.900. The van der Waals surface area contributed by atoms with Gasteiger partial charge < -0.3 is 0 Å². The zero-order valence-electron chi connectivity index (χ0n) is 10.6. The average Bonchev–Trinajstić information content (AvgIpc) is 3.02. The van der Waals surface area contributed by atoms with Gasteiger partial charge in [-0.15, -0.1) is 11.3 Å². The lowest BCUT2D eigenvalue weighted by atomic mass is 10.1. The highest BCUT2D eigenvalue weighted by Crippen LogP contribution is 2.32. The summed E-state index contributed by atoms with van der Waals surface area (Å²) in [6, 6.07) is 5.50. The Bertz CT molecular complexity index is 716. The van der Waals surface area contributed by atoms with Crippen LogP contribution >= 0.6 is 46.3 Å². The lowest BCUT2D eigenvalue weighted by Gasteiger charge is -2.09. The zero-order chi connectivity index (χ0) is 15.0. The first-order chi connectivity index (χ1) is 10.1. The van der Waals surface area contributed by atoms with Crippen molar-refractivity contribution in [3.8, 4) is 0 Å². The molecule has 1 fully saturated rings. The van der Waals surface area contributed by atoms with Gasteiger partial charge in [0.2, 0.25) is 5.91 Å². The number of thiazole rings is 1. The third kappa shape index (κ3) is 2.94. The van der Waals surface area contributed by atoms with E-state index in [0.717, 1.165) is 10.4 Å². The molecule has 0 saturated carbocycles. The van der Waals surface area contributed by atoms with Crippen LogP contribution in [0, 0.1) is 5.41 Å². The molecule has 0 aliphatic carbocycles. The fourth-order valence-corrected chi connectivity index (χ4v) is 4.03. The number of amidine groups is 1. The number of halogens is 2. The molecule has 0 atom stereocenters. The van der Waals surface area contributed by atoms with Gasteiger partial charge in [-0.3, -0.25) is 10.2 Å². The van der Waals surface area contributed by atoms with Gasteiger partial charge in [0.1, 0.15) is 0 Å². The van der Waals surface area contributed by atoms with E-state index >= 15 is 0 Å². The molecule has 2 aromatic rings. The van der Waals surface area contributed by atoms with E-state index in [1.807, 2.05) is 12.1 Å². The summed E-state index contributed by atoms with van der Waals surface area (Å²) in [5.74, 6) is 0.195. The minimum atomic E-state index is -0.105. The number of amides is 1. The normalized spacial score (nSPS) is 15.0. The molecule has 1 aliphatic rings. The summed E-state index contributed by atoms with van der Waals surface area (Å²) in [4.78, 5) is 18.3. The summed E-state index contributed by atoms with van der Waals surface area (Å²) >= 11 is 14.8. The van der Waals surface area contributed by atoms with Crippen LogP contribution in [0.1, 0.15) is 10.4 Å². The SMILES string of the molecule is N=C1SCC(=O)N1c1ncc(Cc2cccc(Cl)c2Cl)s1. The molecule has 3 rings (SSSR count). The second-order valence-corrected chi connectivity index (χ2v) is 7.16. The largest absolute Gasteiger partial charge is 0.278 e. The zero-order valence-corrected chi connectivity index (χ0v) is 13.7. The molecule has 4 nitrogen and oxygen atoms in total. The van der Waals surface area contributed by atoms with Gasteiger partial charge in [-0.2, -0.15) is 0 Å². The molecule has 1 aliphatic heterocycles. The van der Waals surface area contributed by atoms with Crippen molar-refractivity contribution < 1.29 is 4.79 Å². The Hall–Kier alpha value is -1.08. The summed E-state index contributed by atoms with van der Waals surface area (Å²) in [6.07, 6.45) is 2.31. The van der Waals surface area contributed by atoms with Gasteiger partial charge in [0.05, 0.1) is 15.8 Å². The topological polar surface area (TPSA) is 57.1 Å². The summed E-state index contributed by atoms with van der Waals surface area (Å²) in [5, 5.41) is 9.57. The van der Waals surface area contributed by atoms with Gasteiger partial charge in [-0.05, 0) is 11.6 Å². The predicted molar refractivity (Wildman–Crippen MR) is 89.1 cm³/mol. The van der Waals surface area contributed by atoms with E-state index in [0.29, 0.717) is 27.4 Å². The van der Waals surface area contributed by atoms with Crippen molar-refractivity contribution in [3.63, 3.8) is 0 Å². The van der Waals surface area contributed by atoms with E-state index in [-0.39, 0.29) is 11.1 Å². The molecule has 1 aromatic carbocycles. The van der Waals surface area contributed by atoms with Crippen LogP contribution in [0.15, 0.2) is 24.4 Å².